The molecule has 5 nitrogen and oxygen atoms in total. The molecule has 1 aliphatic carbocycles. The van der Waals surface area contributed by atoms with Gasteiger partial charge in [0.15, 0.2) is 5.78 Å². The Morgan fingerprint density at radius 2 is 2.25 bits per heavy atom. The van der Waals surface area contributed by atoms with E-state index in [0.717, 1.165) is 0 Å². The minimum atomic E-state index is -1.18. The Labute approximate surface area is 118 Å². The van der Waals surface area contributed by atoms with Gasteiger partial charge in [-0.25, -0.2) is 4.79 Å². The monoisotopic (exact) mass is 279 g/mol. The van der Waals surface area contributed by atoms with Crippen LogP contribution in [-0.4, -0.2) is 45.2 Å². The molecule has 1 N–H and O–H groups in total. The number of likely N-dealkylation sites (tertiary alicyclic amines) is 1. The molecule has 0 unspecified atom stereocenters. The summed E-state index contributed by atoms with van der Waals surface area (Å²) in [5.74, 6) is -0.0991. The molecule has 0 aromatic carbocycles. The van der Waals surface area contributed by atoms with E-state index in [4.69, 9.17) is 4.74 Å². The molecule has 0 saturated carbocycles. The van der Waals surface area contributed by atoms with Crippen LogP contribution in [0.5, 0.6) is 0 Å². The first kappa shape index (κ1) is 14.8. The highest BCUT2D eigenvalue weighted by molar-refractivity contribution is 5.92. The Morgan fingerprint density at radius 3 is 2.80 bits per heavy atom. The Morgan fingerprint density at radius 1 is 1.60 bits per heavy atom. The summed E-state index contributed by atoms with van der Waals surface area (Å²) < 4.78 is 5.38. The molecule has 1 saturated heterocycles. The quantitative estimate of drug-likeness (QED) is 0.743. The van der Waals surface area contributed by atoms with Crippen LogP contribution in [0.4, 0.5) is 4.79 Å². The second-order valence-electron chi connectivity index (χ2n) is 6.41. The summed E-state index contributed by atoms with van der Waals surface area (Å²) in [5, 5.41) is 10.6. The number of hydrogen-bond donors (Lipinski definition) is 1. The lowest BCUT2D eigenvalue weighted by atomic mass is 9.85. The lowest BCUT2D eigenvalue weighted by Gasteiger charge is -2.35. The van der Waals surface area contributed by atoms with Gasteiger partial charge in [0.1, 0.15) is 11.2 Å². The molecule has 20 heavy (non-hydrogen) atoms. The van der Waals surface area contributed by atoms with Gasteiger partial charge in [-0.05, 0) is 32.9 Å². The maximum atomic E-state index is 12.3. The standard InChI is InChI=1S/C15H21NO4/c1-5-10-9-15(19)7-6-11(17)8-12(15)16(10)13(18)20-14(2,3)4/h5-7,10,12,19H,1,8-9H2,2-4H3/t10-,12-,15+/m1/s1. The van der Waals surface area contributed by atoms with E-state index in [1.807, 2.05) is 0 Å². The zero-order chi connectivity index (χ0) is 15.1. The van der Waals surface area contributed by atoms with Gasteiger partial charge in [0.25, 0.3) is 0 Å². The molecular formula is C15H21NO4. The van der Waals surface area contributed by atoms with Crippen LogP contribution >= 0.6 is 0 Å². The highest BCUT2D eigenvalue weighted by Gasteiger charge is 2.53. The minimum absolute atomic E-state index is 0.0991. The van der Waals surface area contributed by atoms with Crippen LogP contribution in [0, 0.1) is 0 Å². The summed E-state index contributed by atoms with van der Waals surface area (Å²) in [5.41, 5.74) is -1.80. The molecule has 2 aliphatic rings. The third kappa shape index (κ3) is 2.63. The van der Waals surface area contributed by atoms with Gasteiger partial charge < -0.3 is 9.84 Å². The second-order valence-corrected chi connectivity index (χ2v) is 6.41. The predicted octanol–water partition coefficient (Wildman–Crippen LogP) is 1.81. The van der Waals surface area contributed by atoms with Crippen LogP contribution in [-0.2, 0) is 9.53 Å². The van der Waals surface area contributed by atoms with Gasteiger partial charge in [0.2, 0.25) is 0 Å². The molecule has 3 atom stereocenters. The highest BCUT2D eigenvalue weighted by atomic mass is 16.6. The van der Waals surface area contributed by atoms with E-state index < -0.39 is 23.3 Å². The van der Waals surface area contributed by atoms with Crippen molar-refractivity contribution in [3.8, 4) is 0 Å². The number of ketones is 1. The van der Waals surface area contributed by atoms with Crippen molar-refractivity contribution in [2.24, 2.45) is 0 Å². The average molecular weight is 279 g/mol. The molecule has 1 heterocycles. The summed E-state index contributed by atoms with van der Waals surface area (Å²) in [7, 11) is 0. The number of aliphatic hydroxyl groups is 1. The number of carbonyl (C=O) groups excluding carboxylic acids is 2. The van der Waals surface area contributed by atoms with Gasteiger partial charge in [-0.1, -0.05) is 6.08 Å². The van der Waals surface area contributed by atoms with Crippen molar-refractivity contribution < 1.29 is 19.4 Å². The number of allylic oxidation sites excluding steroid dienone is 1. The molecule has 5 heteroatoms. The Hall–Kier alpha value is -1.62. The van der Waals surface area contributed by atoms with Crippen LogP contribution in [0.25, 0.3) is 0 Å². The van der Waals surface area contributed by atoms with Crippen LogP contribution in [0.3, 0.4) is 0 Å². The molecule has 0 aromatic rings. The number of rotatable bonds is 1. The second kappa shape index (κ2) is 4.74. The van der Waals surface area contributed by atoms with E-state index in [1.165, 1.54) is 17.1 Å². The van der Waals surface area contributed by atoms with Gasteiger partial charge in [-0.3, -0.25) is 9.69 Å². The summed E-state index contributed by atoms with van der Waals surface area (Å²) in [4.78, 5) is 25.4. The van der Waals surface area contributed by atoms with Crippen molar-refractivity contribution in [2.45, 2.75) is 56.9 Å². The van der Waals surface area contributed by atoms with Gasteiger partial charge in [0.05, 0.1) is 12.1 Å². The molecule has 1 aliphatic heterocycles. The van der Waals surface area contributed by atoms with E-state index in [2.05, 4.69) is 6.58 Å². The first-order valence-corrected chi connectivity index (χ1v) is 6.74. The lowest BCUT2D eigenvalue weighted by molar-refractivity contribution is -0.118. The first-order chi connectivity index (χ1) is 9.16. The predicted molar refractivity (Wildman–Crippen MR) is 74.2 cm³/mol. The SMILES string of the molecule is C=C[C@@H]1C[C@@]2(O)C=CC(=O)C[C@H]2N1C(=O)OC(C)(C)C. The number of fused-ring (bicyclic) bond motifs is 1. The zero-order valence-corrected chi connectivity index (χ0v) is 12.1. The van der Waals surface area contributed by atoms with Gasteiger partial charge in [0, 0.05) is 12.8 Å². The minimum Gasteiger partial charge on any atom is -0.444 e. The molecule has 0 spiro atoms. The van der Waals surface area contributed by atoms with Gasteiger partial charge >= 0.3 is 6.09 Å². The maximum absolute atomic E-state index is 12.3. The molecule has 0 bridgehead atoms. The van der Waals surface area contributed by atoms with Crippen molar-refractivity contribution in [1.82, 2.24) is 4.90 Å². The number of hydrogen-bond acceptors (Lipinski definition) is 4. The molecule has 1 amide bonds. The van der Waals surface area contributed by atoms with Gasteiger partial charge in [-0.2, -0.15) is 0 Å². The van der Waals surface area contributed by atoms with Crippen molar-refractivity contribution in [3.63, 3.8) is 0 Å². The van der Waals surface area contributed by atoms with E-state index in [1.54, 1.807) is 26.8 Å². The number of ether oxygens (including phenoxy) is 1. The van der Waals surface area contributed by atoms with E-state index >= 15 is 0 Å². The Bertz CT molecular complexity index is 477. The van der Waals surface area contributed by atoms with Crippen molar-refractivity contribution >= 4 is 11.9 Å². The fraction of sp³-hybridized carbons (Fsp3) is 0.600. The lowest BCUT2D eigenvalue weighted by Crippen LogP contribution is -2.51. The van der Waals surface area contributed by atoms with Crippen LogP contribution < -0.4 is 0 Å². The van der Waals surface area contributed by atoms with E-state index in [0.29, 0.717) is 6.42 Å². The molecule has 0 radical (unpaired) electrons. The van der Waals surface area contributed by atoms with Crippen molar-refractivity contribution in [3.05, 3.63) is 24.8 Å². The molecule has 1 fully saturated rings. The molecule has 2 rings (SSSR count). The highest BCUT2D eigenvalue weighted by Crippen LogP contribution is 2.40. The molecule has 0 aromatic heterocycles. The maximum Gasteiger partial charge on any atom is 0.411 e. The summed E-state index contributed by atoms with van der Waals surface area (Å²) in [6.07, 6.45) is 4.41. The summed E-state index contributed by atoms with van der Waals surface area (Å²) in [6.45, 7) is 9.05. The van der Waals surface area contributed by atoms with Crippen LogP contribution in [0.15, 0.2) is 24.8 Å². The normalized spacial score (nSPS) is 33.0. The zero-order valence-electron chi connectivity index (χ0n) is 12.1. The van der Waals surface area contributed by atoms with Crippen LogP contribution in [0.1, 0.15) is 33.6 Å². The number of amides is 1. The Kier molecular flexibility index (Phi) is 3.50. The van der Waals surface area contributed by atoms with E-state index in [-0.39, 0.29) is 18.2 Å². The first-order valence-electron chi connectivity index (χ1n) is 6.74. The summed E-state index contributed by atoms with van der Waals surface area (Å²) in [6, 6.07) is -0.923. The fourth-order valence-corrected chi connectivity index (χ4v) is 2.77. The molecular weight excluding hydrogens is 258 g/mol. The van der Waals surface area contributed by atoms with Gasteiger partial charge in [-0.15, -0.1) is 6.58 Å². The van der Waals surface area contributed by atoms with Crippen molar-refractivity contribution in [2.75, 3.05) is 0 Å². The topological polar surface area (TPSA) is 66.8 Å². The molecule has 110 valence electrons. The smallest absolute Gasteiger partial charge is 0.411 e. The van der Waals surface area contributed by atoms with Crippen molar-refractivity contribution in [1.29, 1.82) is 0 Å². The van der Waals surface area contributed by atoms with E-state index in [9.17, 15) is 14.7 Å². The summed E-state index contributed by atoms with van der Waals surface area (Å²) >= 11 is 0. The largest absolute Gasteiger partial charge is 0.444 e. The average Bonchev–Trinajstić information content (AvgIpc) is 2.60. The number of carbonyl (C=O) groups is 2. The number of nitrogens with zero attached hydrogens (tertiary/aromatic N) is 1. The third-order valence-electron chi connectivity index (χ3n) is 3.64. The Balaban J connectivity index is 2.30. The fourth-order valence-electron chi connectivity index (χ4n) is 2.77. The van der Waals surface area contributed by atoms with Crippen LogP contribution in [0.2, 0.25) is 0 Å². The third-order valence-corrected chi connectivity index (χ3v) is 3.64.